The van der Waals surface area contributed by atoms with Crippen molar-refractivity contribution in [2.75, 3.05) is 32.8 Å². The Balaban J connectivity index is 1.29. The van der Waals surface area contributed by atoms with Gasteiger partial charge < -0.3 is 19.3 Å². The highest BCUT2D eigenvalue weighted by atomic mass is 16.6. The molecule has 4 rings (SSSR count). The summed E-state index contributed by atoms with van der Waals surface area (Å²) in [5.41, 5.74) is 2.19. The van der Waals surface area contributed by atoms with Crippen LogP contribution in [0, 0.1) is 6.92 Å². The molecule has 0 bridgehead atoms. The molecule has 0 aromatic heterocycles. The number of rotatable bonds is 3. The molecule has 146 valence electrons. The van der Waals surface area contributed by atoms with E-state index in [9.17, 15) is 9.59 Å². The molecule has 6 nitrogen and oxygen atoms in total. The van der Waals surface area contributed by atoms with Gasteiger partial charge in [0.15, 0.2) is 11.5 Å². The number of hydrogen-bond acceptors (Lipinski definition) is 4. The summed E-state index contributed by atoms with van der Waals surface area (Å²) in [4.78, 5) is 28.9. The number of amides is 2. The standard InChI is InChI=1S/C22H24N2O4/c1-16-6-8-17(9-7-16)14-21(25)23-10-12-24(13-11-23)22(26)20-15-27-18-4-2-3-5-19(18)28-20/h2-9,20H,10-15H2,1H3. The van der Waals surface area contributed by atoms with Crippen LogP contribution in [0.3, 0.4) is 0 Å². The fourth-order valence-corrected chi connectivity index (χ4v) is 3.51. The van der Waals surface area contributed by atoms with Crippen LogP contribution in [0.5, 0.6) is 11.5 Å². The molecule has 0 saturated carbocycles. The van der Waals surface area contributed by atoms with Crippen LogP contribution in [0.15, 0.2) is 48.5 Å². The minimum atomic E-state index is -0.635. The molecule has 0 spiro atoms. The van der Waals surface area contributed by atoms with Crippen molar-refractivity contribution in [1.82, 2.24) is 9.80 Å². The number of nitrogens with zero attached hydrogens (tertiary/aromatic N) is 2. The van der Waals surface area contributed by atoms with E-state index in [4.69, 9.17) is 9.47 Å². The summed E-state index contributed by atoms with van der Waals surface area (Å²) in [6.45, 7) is 4.35. The van der Waals surface area contributed by atoms with E-state index in [2.05, 4.69) is 0 Å². The number of carbonyl (C=O) groups is 2. The minimum absolute atomic E-state index is 0.0832. The molecule has 1 atom stereocenters. The molecule has 2 aromatic carbocycles. The van der Waals surface area contributed by atoms with E-state index in [1.807, 2.05) is 54.3 Å². The zero-order chi connectivity index (χ0) is 19.5. The topological polar surface area (TPSA) is 59.1 Å². The molecule has 1 unspecified atom stereocenters. The molecule has 2 aliphatic heterocycles. The first kappa shape index (κ1) is 18.3. The highest BCUT2D eigenvalue weighted by molar-refractivity contribution is 5.83. The summed E-state index contributed by atoms with van der Waals surface area (Å²) in [6.07, 6.45) is -0.241. The molecule has 0 aliphatic carbocycles. The smallest absolute Gasteiger partial charge is 0.267 e. The Morgan fingerprint density at radius 2 is 1.57 bits per heavy atom. The zero-order valence-electron chi connectivity index (χ0n) is 16.0. The lowest BCUT2D eigenvalue weighted by atomic mass is 10.1. The van der Waals surface area contributed by atoms with Gasteiger partial charge in [-0.2, -0.15) is 0 Å². The van der Waals surface area contributed by atoms with Gasteiger partial charge in [0, 0.05) is 26.2 Å². The van der Waals surface area contributed by atoms with Crippen LogP contribution < -0.4 is 9.47 Å². The van der Waals surface area contributed by atoms with Crippen LogP contribution in [0.25, 0.3) is 0 Å². The maximum absolute atomic E-state index is 12.8. The van der Waals surface area contributed by atoms with E-state index >= 15 is 0 Å². The van der Waals surface area contributed by atoms with Gasteiger partial charge in [0.05, 0.1) is 6.42 Å². The van der Waals surface area contributed by atoms with Gasteiger partial charge in [-0.3, -0.25) is 9.59 Å². The number of fused-ring (bicyclic) bond motifs is 1. The van der Waals surface area contributed by atoms with Gasteiger partial charge in [-0.1, -0.05) is 42.0 Å². The lowest BCUT2D eigenvalue weighted by Gasteiger charge is -2.37. The molecule has 2 heterocycles. The molecule has 1 fully saturated rings. The van der Waals surface area contributed by atoms with Gasteiger partial charge in [0.1, 0.15) is 6.61 Å². The summed E-state index contributed by atoms with van der Waals surface area (Å²) in [5.74, 6) is 1.28. The molecule has 6 heteroatoms. The van der Waals surface area contributed by atoms with Crippen molar-refractivity contribution in [3.05, 3.63) is 59.7 Å². The fraction of sp³-hybridized carbons (Fsp3) is 0.364. The van der Waals surface area contributed by atoms with Gasteiger partial charge in [0.2, 0.25) is 12.0 Å². The Labute approximate surface area is 164 Å². The molecule has 0 N–H and O–H groups in total. The van der Waals surface area contributed by atoms with Crippen molar-refractivity contribution < 1.29 is 19.1 Å². The Morgan fingerprint density at radius 3 is 2.29 bits per heavy atom. The number of para-hydroxylation sites is 2. The van der Waals surface area contributed by atoms with Gasteiger partial charge in [0.25, 0.3) is 5.91 Å². The molecular formula is C22H24N2O4. The summed E-state index contributed by atoms with van der Waals surface area (Å²) < 4.78 is 11.5. The number of hydrogen-bond donors (Lipinski definition) is 0. The SMILES string of the molecule is Cc1ccc(CC(=O)N2CCN(C(=O)C3COc4ccccc4O3)CC2)cc1. The zero-order valence-corrected chi connectivity index (χ0v) is 16.0. The number of aryl methyl sites for hydroxylation is 1. The predicted molar refractivity (Wildman–Crippen MR) is 104 cm³/mol. The first-order valence-electron chi connectivity index (χ1n) is 9.61. The van der Waals surface area contributed by atoms with E-state index in [0.717, 1.165) is 5.56 Å². The van der Waals surface area contributed by atoms with Crippen molar-refractivity contribution in [2.24, 2.45) is 0 Å². The number of piperazine rings is 1. The second-order valence-corrected chi connectivity index (χ2v) is 7.23. The van der Waals surface area contributed by atoms with Crippen LogP contribution in [0.1, 0.15) is 11.1 Å². The van der Waals surface area contributed by atoms with E-state index in [1.54, 1.807) is 11.0 Å². The summed E-state index contributed by atoms with van der Waals surface area (Å²) in [6, 6.07) is 15.4. The predicted octanol–water partition coefficient (Wildman–Crippen LogP) is 2.05. The number of carbonyl (C=O) groups excluding carboxylic acids is 2. The average Bonchev–Trinajstić information content (AvgIpc) is 2.74. The maximum Gasteiger partial charge on any atom is 0.267 e. The molecular weight excluding hydrogens is 356 g/mol. The summed E-state index contributed by atoms with van der Waals surface area (Å²) in [7, 11) is 0. The quantitative estimate of drug-likeness (QED) is 0.818. The van der Waals surface area contributed by atoms with Gasteiger partial charge >= 0.3 is 0 Å². The van der Waals surface area contributed by atoms with Crippen molar-refractivity contribution in [3.8, 4) is 11.5 Å². The minimum Gasteiger partial charge on any atom is -0.485 e. The monoisotopic (exact) mass is 380 g/mol. The third kappa shape index (κ3) is 3.96. The third-order valence-electron chi connectivity index (χ3n) is 5.20. The Hall–Kier alpha value is -3.02. The fourth-order valence-electron chi connectivity index (χ4n) is 3.51. The van der Waals surface area contributed by atoms with E-state index in [0.29, 0.717) is 44.1 Å². The largest absolute Gasteiger partial charge is 0.485 e. The lowest BCUT2D eigenvalue weighted by Crippen LogP contribution is -2.55. The van der Waals surface area contributed by atoms with Crippen molar-refractivity contribution in [2.45, 2.75) is 19.4 Å². The van der Waals surface area contributed by atoms with Gasteiger partial charge in [-0.15, -0.1) is 0 Å². The number of ether oxygens (including phenoxy) is 2. The highest BCUT2D eigenvalue weighted by Crippen LogP contribution is 2.31. The Morgan fingerprint density at radius 1 is 0.929 bits per heavy atom. The van der Waals surface area contributed by atoms with Crippen molar-refractivity contribution in [1.29, 1.82) is 0 Å². The Bertz CT molecular complexity index is 857. The second-order valence-electron chi connectivity index (χ2n) is 7.23. The molecule has 1 saturated heterocycles. The third-order valence-corrected chi connectivity index (χ3v) is 5.20. The van der Waals surface area contributed by atoms with Crippen LogP contribution in [-0.4, -0.2) is 60.5 Å². The lowest BCUT2D eigenvalue weighted by molar-refractivity contribution is -0.146. The average molecular weight is 380 g/mol. The summed E-state index contributed by atoms with van der Waals surface area (Å²) >= 11 is 0. The van der Waals surface area contributed by atoms with E-state index < -0.39 is 6.10 Å². The van der Waals surface area contributed by atoms with Crippen molar-refractivity contribution >= 4 is 11.8 Å². The van der Waals surface area contributed by atoms with E-state index in [-0.39, 0.29) is 18.4 Å². The first-order valence-corrected chi connectivity index (χ1v) is 9.61. The van der Waals surface area contributed by atoms with Crippen molar-refractivity contribution in [3.63, 3.8) is 0 Å². The van der Waals surface area contributed by atoms with Crippen LogP contribution in [0.4, 0.5) is 0 Å². The number of benzene rings is 2. The Kier molecular flexibility index (Phi) is 5.19. The van der Waals surface area contributed by atoms with Crippen LogP contribution >= 0.6 is 0 Å². The van der Waals surface area contributed by atoms with Gasteiger partial charge in [-0.25, -0.2) is 0 Å². The molecule has 28 heavy (non-hydrogen) atoms. The second kappa shape index (κ2) is 7.92. The molecule has 2 aliphatic rings. The van der Waals surface area contributed by atoms with Gasteiger partial charge in [-0.05, 0) is 24.6 Å². The van der Waals surface area contributed by atoms with Crippen LogP contribution in [0.2, 0.25) is 0 Å². The first-order chi connectivity index (χ1) is 13.6. The highest BCUT2D eigenvalue weighted by Gasteiger charge is 2.33. The molecule has 0 radical (unpaired) electrons. The normalized spacial score (nSPS) is 18.7. The van der Waals surface area contributed by atoms with Crippen LogP contribution in [-0.2, 0) is 16.0 Å². The van der Waals surface area contributed by atoms with E-state index in [1.165, 1.54) is 5.56 Å². The summed E-state index contributed by atoms with van der Waals surface area (Å²) in [5, 5.41) is 0. The maximum atomic E-state index is 12.8. The molecule has 2 amide bonds. The molecule has 2 aromatic rings.